The van der Waals surface area contributed by atoms with E-state index in [4.69, 9.17) is 0 Å². The number of hydrogen-bond acceptors (Lipinski definition) is 3. The van der Waals surface area contributed by atoms with Crippen LogP contribution in [0.25, 0.3) is 0 Å². The first-order chi connectivity index (χ1) is 9.22. The summed E-state index contributed by atoms with van der Waals surface area (Å²) in [6.45, 7) is 12.2. The molecule has 1 aliphatic rings. The van der Waals surface area contributed by atoms with Crippen LogP contribution in [-0.4, -0.2) is 24.1 Å². The van der Waals surface area contributed by atoms with Crippen molar-refractivity contribution in [2.45, 2.75) is 32.4 Å². The fourth-order valence-electron chi connectivity index (χ4n) is 2.11. The first-order valence-electron chi connectivity index (χ1n) is 6.90. The predicted molar refractivity (Wildman–Crippen MR) is 81.4 cm³/mol. The molecule has 0 spiro atoms. The van der Waals surface area contributed by atoms with Gasteiger partial charge in [-0.15, -0.1) is 13.2 Å². The summed E-state index contributed by atoms with van der Waals surface area (Å²) >= 11 is 0. The highest BCUT2D eigenvalue weighted by atomic mass is 15.2. The standard InChI is InChI=1S/C16H23N3/c1-4-8-19(9-5-2)16-11-14(10-13(3)18-16)12-17-15-6-7-15/h4-5,10-11,15,17H,1-2,6-9,12H2,3H3. The van der Waals surface area contributed by atoms with Gasteiger partial charge >= 0.3 is 0 Å². The van der Waals surface area contributed by atoms with Gasteiger partial charge < -0.3 is 10.2 Å². The monoisotopic (exact) mass is 257 g/mol. The Bertz CT molecular complexity index is 439. The topological polar surface area (TPSA) is 28.2 Å². The van der Waals surface area contributed by atoms with Gasteiger partial charge in [0.15, 0.2) is 0 Å². The highest BCUT2D eigenvalue weighted by Crippen LogP contribution is 2.20. The van der Waals surface area contributed by atoms with Gasteiger partial charge in [0, 0.05) is 31.4 Å². The van der Waals surface area contributed by atoms with Crippen LogP contribution in [-0.2, 0) is 6.54 Å². The summed E-state index contributed by atoms with van der Waals surface area (Å²) in [6, 6.07) is 5.04. The Morgan fingerprint density at radius 1 is 1.32 bits per heavy atom. The van der Waals surface area contributed by atoms with Gasteiger partial charge in [-0.25, -0.2) is 4.98 Å². The van der Waals surface area contributed by atoms with Crippen LogP contribution in [0.15, 0.2) is 37.4 Å². The Kier molecular flexibility index (Phi) is 4.74. The highest BCUT2D eigenvalue weighted by molar-refractivity contribution is 5.44. The second-order valence-corrected chi connectivity index (χ2v) is 5.11. The molecule has 102 valence electrons. The Labute approximate surface area is 116 Å². The van der Waals surface area contributed by atoms with E-state index in [1.165, 1.54) is 18.4 Å². The fourth-order valence-corrected chi connectivity index (χ4v) is 2.11. The second kappa shape index (κ2) is 6.53. The average molecular weight is 257 g/mol. The summed E-state index contributed by atoms with van der Waals surface area (Å²) in [5.74, 6) is 1.01. The third kappa shape index (κ3) is 4.21. The molecule has 19 heavy (non-hydrogen) atoms. The quantitative estimate of drug-likeness (QED) is 0.726. The molecule has 0 atom stereocenters. The molecule has 0 radical (unpaired) electrons. The molecule has 0 unspecified atom stereocenters. The van der Waals surface area contributed by atoms with E-state index in [-0.39, 0.29) is 0 Å². The van der Waals surface area contributed by atoms with Gasteiger partial charge in [0.2, 0.25) is 0 Å². The van der Waals surface area contributed by atoms with Crippen LogP contribution in [0.5, 0.6) is 0 Å². The Hall–Kier alpha value is -1.61. The maximum Gasteiger partial charge on any atom is 0.129 e. The van der Waals surface area contributed by atoms with Crippen molar-refractivity contribution >= 4 is 5.82 Å². The first kappa shape index (κ1) is 13.8. The molecule has 1 aromatic rings. The van der Waals surface area contributed by atoms with Crippen LogP contribution in [0, 0.1) is 6.92 Å². The van der Waals surface area contributed by atoms with E-state index in [1.807, 2.05) is 19.1 Å². The van der Waals surface area contributed by atoms with Crippen molar-refractivity contribution in [1.29, 1.82) is 0 Å². The normalized spacial score (nSPS) is 14.2. The molecule has 0 bridgehead atoms. The van der Waals surface area contributed by atoms with Gasteiger partial charge in [-0.2, -0.15) is 0 Å². The summed E-state index contributed by atoms with van der Waals surface area (Å²) < 4.78 is 0. The van der Waals surface area contributed by atoms with Crippen LogP contribution >= 0.6 is 0 Å². The SMILES string of the molecule is C=CCN(CC=C)c1cc(CNC2CC2)cc(C)n1. The van der Waals surface area contributed by atoms with Crippen molar-refractivity contribution in [3.05, 3.63) is 48.7 Å². The number of rotatable bonds is 8. The molecule has 0 amide bonds. The van der Waals surface area contributed by atoms with Crippen molar-refractivity contribution < 1.29 is 0 Å². The third-order valence-electron chi connectivity index (χ3n) is 3.19. The molecule has 0 saturated heterocycles. The average Bonchev–Trinajstić information content (AvgIpc) is 3.19. The lowest BCUT2D eigenvalue weighted by atomic mass is 10.2. The number of pyridine rings is 1. The maximum absolute atomic E-state index is 4.62. The molecule has 3 heteroatoms. The van der Waals surface area contributed by atoms with Gasteiger partial charge in [0.05, 0.1) is 0 Å². The zero-order valence-electron chi connectivity index (χ0n) is 11.7. The van der Waals surface area contributed by atoms with Gasteiger partial charge in [-0.3, -0.25) is 0 Å². The molecule has 1 heterocycles. The van der Waals surface area contributed by atoms with E-state index < -0.39 is 0 Å². The van der Waals surface area contributed by atoms with Crippen molar-refractivity contribution in [2.24, 2.45) is 0 Å². The molecule has 1 fully saturated rings. The Morgan fingerprint density at radius 2 is 2.00 bits per heavy atom. The van der Waals surface area contributed by atoms with Crippen LogP contribution in [0.1, 0.15) is 24.1 Å². The number of hydrogen-bond donors (Lipinski definition) is 1. The minimum atomic E-state index is 0.731. The molecule has 0 aliphatic heterocycles. The van der Waals surface area contributed by atoms with Gasteiger partial charge in [0.25, 0.3) is 0 Å². The maximum atomic E-state index is 4.62. The van der Waals surface area contributed by atoms with Crippen molar-refractivity contribution in [3.8, 4) is 0 Å². The molecule has 3 nitrogen and oxygen atoms in total. The largest absolute Gasteiger partial charge is 0.349 e. The molecule has 0 aromatic carbocycles. The minimum Gasteiger partial charge on any atom is -0.349 e. The van der Waals surface area contributed by atoms with Crippen LogP contribution in [0.2, 0.25) is 0 Å². The highest BCUT2D eigenvalue weighted by Gasteiger charge is 2.20. The summed E-state index contributed by atoms with van der Waals surface area (Å²) in [4.78, 5) is 6.79. The second-order valence-electron chi connectivity index (χ2n) is 5.11. The summed E-state index contributed by atoms with van der Waals surface area (Å²) in [7, 11) is 0. The Balaban J connectivity index is 2.12. The van der Waals surface area contributed by atoms with E-state index in [1.54, 1.807) is 0 Å². The lowest BCUT2D eigenvalue weighted by Crippen LogP contribution is -2.25. The minimum absolute atomic E-state index is 0.731. The molecular formula is C16H23N3. The summed E-state index contributed by atoms with van der Waals surface area (Å²) in [5, 5.41) is 3.54. The number of nitrogens with zero attached hydrogens (tertiary/aromatic N) is 2. The molecule has 1 N–H and O–H groups in total. The van der Waals surface area contributed by atoms with E-state index >= 15 is 0 Å². The molecule has 1 aromatic heterocycles. The number of nitrogens with one attached hydrogen (secondary N) is 1. The van der Waals surface area contributed by atoms with Crippen LogP contribution < -0.4 is 10.2 Å². The van der Waals surface area contributed by atoms with Crippen molar-refractivity contribution in [1.82, 2.24) is 10.3 Å². The van der Waals surface area contributed by atoms with E-state index in [9.17, 15) is 0 Å². The van der Waals surface area contributed by atoms with E-state index in [0.29, 0.717) is 0 Å². The van der Waals surface area contributed by atoms with Crippen LogP contribution in [0.3, 0.4) is 0 Å². The zero-order chi connectivity index (χ0) is 13.7. The van der Waals surface area contributed by atoms with Crippen molar-refractivity contribution in [2.75, 3.05) is 18.0 Å². The third-order valence-corrected chi connectivity index (χ3v) is 3.19. The van der Waals surface area contributed by atoms with Gasteiger partial charge in [0.1, 0.15) is 5.82 Å². The molecule has 2 rings (SSSR count). The van der Waals surface area contributed by atoms with Crippen LogP contribution in [0.4, 0.5) is 5.82 Å². The lowest BCUT2D eigenvalue weighted by Gasteiger charge is -2.21. The number of aromatic nitrogens is 1. The number of anilines is 1. The summed E-state index contributed by atoms with van der Waals surface area (Å²) in [6.07, 6.45) is 6.43. The fraction of sp³-hybridized carbons (Fsp3) is 0.438. The Morgan fingerprint density at radius 3 is 2.58 bits per heavy atom. The summed E-state index contributed by atoms with van der Waals surface area (Å²) in [5.41, 5.74) is 2.36. The zero-order valence-corrected chi connectivity index (χ0v) is 11.7. The molecule has 1 aliphatic carbocycles. The molecular weight excluding hydrogens is 234 g/mol. The molecule has 1 saturated carbocycles. The predicted octanol–water partition coefficient (Wildman–Crippen LogP) is 2.82. The van der Waals surface area contributed by atoms with E-state index in [2.05, 4.69) is 40.5 Å². The number of aryl methyl sites for hydroxylation is 1. The van der Waals surface area contributed by atoms with Crippen molar-refractivity contribution in [3.63, 3.8) is 0 Å². The first-order valence-corrected chi connectivity index (χ1v) is 6.90. The van der Waals surface area contributed by atoms with Gasteiger partial charge in [-0.1, -0.05) is 12.2 Å². The lowest BCUT2D eigenvalue weighted by molar-refractivity contribution is 0.686. The van der Waals surface area contributed by atoms with E-state index in [0.717, 1.165) is 37.2 Å². The smallest absolute Gasteiger partial charge is 0.129 e. The van der Waals surface area contributed by atoms with Gasteiger partial charge in [-0.05, 0) is 37.5 Å².